The number of hydrogen-bond acceptors (Lipinski definition) is 0. The molecule has 0 atom stereocenters. The van der Waals surface area contributed by atoms with Gasteiger partial charge in [0.1, 0.15) is 0 Å². The average molecular weight is 358 g/mol. The molecule has 134 valence electrons. The van der Waals surface area contributed by atoms with Crippen LogP contribution >= 0.6 is 0 Å². The Morgan fingerprint density at radius 2 is 1.11 bits per heavy atom. The highest BCUT2D eigenvalue weighted by Crippen LogP contribution is 2.62. The monoisotopic (exact) mass is 358 g/mol. The third-order valence-corrected chi connectivity index (χ3v) is 6.72. The number of rotatable bonds is 1. The van der Waals surface area contributed by atoms with Gasteiger partial charge < -0.3 is 0 Å². The highest BCUT2D eigenvalue weighted by atomic mass is 14.5. The van der Waals surface area contributed by atoms with Gasteiger partial charge in [-0.25, -0.2) is 0 Å². The lowest BCUT2D eigenvalue weighted by Gasteiger charge is -2.31. The minimum Gasteiger partial charge on any atom is -0.0619 e. The second kappa shape index (κ2) is 5.45. The Kier molecular flexibility index (Phi) is 3.09. The van der Waals surface area contributed by atoms with E-state index in [1.165, 1.54) is 55.6 Å². The van der Waals surface area contributed by atoms with Crippen LogP contribution in [-0.2, 0) is 11.8 Å². The summed E-state index contributed by atoms with van der Waals surface area (Å²) < 4.78 is 0. The van der Waals surface area contributed by atoms with Gasteiger partial charge in [-0.2, -0.15) is 0 Å². The molecule has 6 rings (SSSR count). The quantitative estimate of drug-likeness (QED) is 0.300. The van der Waals surface area contributed by atoms with Crippen molar-refractivity contribution in [1.29, 1.82) is 0 Å². The first-order chi connectivity index (χ1) is 13.7. The van der Waals surface area contributed by atoms with E-state index in [1.807, 2.05) is 0 Å². The second-order valence-electron chi connectivity index (χ2n) is 8.12. The lowest BCUT2D eigenvalue weighted by atomic mass is 9.70. The van der Waals surface area contributed by atoms with Crippen LogP contribution < -0.4 is 0 Å². The molecule has 0 heterocycles. The molecule has 0 saturated carbocycles. The molecule has 4 aromatic carbocycles. The number of benzene rings is 4. The third kappa shape index (κ3) is 1.76. The van der Waals surface area contributed by atoms with Crippen LogP contribution in [0.2, 0.25) is 0 Å². The van der Waals surface area contributed by atoms with E-state index in [1.54, 1.807) is 0 Å². The van der Waals surface area contributed by atoms with E-state index in [9.17, 15) is 0 Å². The molecule has 0 aromatic heterocycles. The molecule has 0 saturated heterocycles. The molecular weight excluding hydrogens is 336 g/mol. The lowest BCUT2D eigenvalue weighted by Crippen LogP contribution is -2.26. The molecular formula is C28H22. The molecule has 0 heteroatoms. The van der Waals surface area contributed by atoms with Crippen molar-refractivity contribution in [3.05, 3.63) is 118 Å². The minimum atomic E-state index is -0.199. The predicted molar refractivity (Wildman–Crippen MR) is 117 cm³/mol. The first kappa shape index (κ1) is 15.9. The van der Waals surface area contributed by atoms with Crippen LogP contribution in [0.1, 0.15) is 40.3 Å². The molecule has 4 aromatic rings. The van der Waals surface area contributed by atoms with Crippen LogP contribution in [0.25, 0.3) is 22.3 Å². The van der Waals surface area contributed by atoms with Crippen molar-refractivity contribution >= 4 is 0 Å². The molecule has 1 spiro atoms. The summed E-state index contributed by atoms with van der Waals surface area (Å²) in [4.78, 5) is 0. The maximum absolute atomic E-state index is 2.46. The molecule has 0 unspecified atom stereocenters. The Morgan fingerprint density at radius 3 is 1.75 bits per heavy atom. The molecule has 0 fully saturated rings. The zero-order chi connectivity index (χ0) is 18.9. The standard InChI is InChI=1S/C28H22/c1-3-19-13-15-23-22-14-12-18(2)16-26(22)28(27(23)17-19)24-10-6-4-8-20(24)21-9-5-7-11-25(21)28/h4-17H,3H2,1-2H3. The summed E-state index contributed by atoms with van der Waals surface area (Å²) >= 11 is 0. The van der Waals surface area contributed by atoms with Gasteiger partial charge in [-0.1, -0.05) is 97.4 Å². The SMILES string of the molecule is CCc1ccc2c(c1)C1(c3ccccc3-c3ccccc31)c1cc(C)ccc1-2. The summed E-state index contributed by atoms with van der Waals surface area (Å²) in [6.07, 6.45) is 1.06. The smallest absolute Gasteiger partial charge is 0.0619 e. The normalized spacial score (nSPS) is 14.5. The van der Waals surface area contributed by atoms with Crippen molar-refractivity contribution in [2.24, 2.45) is 0 Å². The third-order valence-electron chi connectivity index (χ3n) is 6.72. The summed E-state index contributed by atoms with van der Waals surface area (Å²) in [5.41, 5.74) is 13.8. The van der Waals surface area contributed by atoms with E-state index in [4.69, 9.17) is 0 Å². The van der Waals surface area contributed by atoms with Crippen LogP contribution in [0, 0.1) is 6.92 Å². The first-order valence-corrected chi connectivity index (χ1v) is 10.2. The van der Waals surface area contributed by atoms with Gasteiger partial charge in [-0.15, -0.1) is 0 Å². The van der Waals surface area contributed by atoms with E-state index in [2.05, 4.69) is 98.8 Å². The van der Waals surface area contributed by atoms with Crippen molar-refractivity contribution in [2.75, 3.05) is 0 Å². The minimum absolute atomic E-state index is 0.199. The van der Waals surface area contributed by atoms with E-state index in [0.717, 1.165) is 6.42 Å². The van der Waals surface area contributed by atoms with Crippen LogP contribution in [0.5, 0.6) is 0 Å². The Labute approximate surface area is 166 Å². The lowest BCUT2D eigenvalue weighted by molar-refractivity contribution is 0.790. The Bertz CT molecular complexity index is 1210. The number of fused-ring (bicyclic) bond motifs is 10. The largest absolute Gasteiger partial charge is 0.0725 e. The fourth-order valence-electron chi connectivity index (χ4n) is 5.52. The van der Waals surface area contributed by atoms with E-state index >= 15 is 0 Å². The average Bonchev–Trinajstić information content (AvgIpc) is 3.20. The highest BCUT2D eigenvalue weighted by molar-refractivity contribution is 5.95. The Hall–Kier alpha value is -3.12. The van der Waals surface area contributed by atoms with Gasteiger partial charge in [-0.05, 0) is 63.4 Å². The van der Waals surface area contributed by atoms with Crippen molar-refractivity contribution in [2.45, 2.75) is 25.7 Å². The van der Waals surface area contributed by atoms with E-state index in [-0.39, 0.29) is 5.41 Å². The molecule has 2 aliphatic rings. The van der Waals surface area contributed by atoms with Crippen LogP contribution in [0.4, 0.5) is 0 Å². The molecule has 0 N–H and O–H groups in total. The van der Waals surface area contributed by atoms with Gasteiger partial charge in [0.15, 0.2) is 0 Å². The van der Waals surface area contributed by atoms with Crippen molar-refractivity contribution in [3.63, 3.8) is 0 Å². The van der Waals surface area contributed by atoms with Gasteiger partial charge in [-0.3, -0.25) is 0 Å². The zero-order valence-corrected chi connectivity index (χ0v) is 16.3. The van der Waals surface area contributed by atoms with Crippen molar-refractivity contribution in [1.82, 2.24) is 0 Å². The summed E-state index contributed by atoms with van der Waals surface area (Å²) in [6.45, 7) is 4.46. The molecule has 0 bridgehead atoms. The van der Waals surface area contributed by atoms with Gasteiger partial charge in [0, 0.05) is 0 Å². The maximum atomic E-state index is 2.46. The van der Waals surface area contributed by atoms with Gasteiger partial charge >= 0.3 is 0 Å². The molecule has 0 radical (unpaired) electrons. The second-order valence-corrected chi connectivity index (χ2v) is 8.12. The molecule has 2 aliphatic carbocycles. The molecule has 0 nitrogen and oxygen atoms in total. The molecule has 0 aliphatic heterocycles. The molecule has 0 amide bonds. The summed E-state index contributed by atoms with van der Waals surface area (Å²) in [6, 6.07) is 32.1. The number of aryl methyl sites for hydroxylation is 2. The van der Waals surface area contributed by atoms with Gasteiger partial charge in [0.25, 0.3) is 0 Å². The summed E-state index contributed by atoms with van der Waals surface area (Å²) in [7, 11) is 0. The fraction of sp³-hybridized carbons (Fsp3) is 0.143. The van der Waals surface area contributed by atoms with E-state index < -0.39 is 0 Å². The summed E-state index contributed by atoms with van der Waals surface area (Å²) in [5, 5.41) is 0. The van der Waals surface area contributed by atoms with Crippen LogP contribution in [0.3, 0.4) is 0 Å². The predicted octanol–water partition coefficient (Wildman–Crippen LogP) is 6.90. The fourth-order valence-corrected chi connectivity index (χ4v) is 5.52. The maximum Gasteiger partial charge on any atom is 0.0725 e. The van der Waals surface area contributed by atoms with Crippen LogP contribution in [0.15, 0.2) is 84.9 Å². The van der Waals surface area contributed by atoms with Gasteiger partial charge in [0.2, 0.25) is 0 Å². The van der Waals surface area contributed by atoms with Gasteiger partial charge in [0.05, 0.1) is 5.41 Å². The van der Waals surface area contributed by atoms with Crippen molar-refractivity contribution < 1.29 is 0 Å². The zero-order valence-electron chi connectivity index (χ0n) is 16.3. The van der Waals surface area contributed by atoms with E-state index in [0.29, 0.717) is 0 Å². The first-order valence-electron chi connectivity index (χ1n) is 10.2. The number of hydrogen-bond donors (Lipinski definition) is 0. The Morgan fingerprint density at radius 1 is 0.571 bits per heavy atom. The summed E-state index contributed by atoms with van der Waals surface area (Å²) in [5.74, 6) is 0. The topological polar surface area (TPSA) is 0 Å². The molecule has 28 heavy (non-hydrogen) atoms. The van der Waals surface area contributed by atoms with Crippen LogP contribution in [-0.4, -0.2) is 0 Å². The highest BCUT2D eigenvalue weighted by Gasteiger charge is 2.51. The van der Waals surface area contributed by atoms with Crippen molar-refractivity contribution in [3.8, 4) is 22.3 Å². The Balaban J connectivity index is 1.85.